The van der Waals surface area contributed by atoms with E-state index in [1.165, 1.54) is 17.6 Å². The van der Waals surface area contributed by atoms with Gasteiger partial charge in [-0.25, -0.2) is 0 Å². The van der Waals surface area contributed by atoms with Crippen LogP contribution in [0.4, 0.5) is 0 Å². The van der Waals surface area contributed by atoms with Gasteiger partial charge in [0.2, 0.25) is 0 Å². The van der Waals surface area contributed by atoms with Gasteiger partial charge in [0.05, 0.1) is 0 Å². The van der Waals surface area contributed by atoms with Crippen molar-refractivity contribution in [3.05, 3.63) is 23.8 Å². The van der Waals surface area contributed by atoms with Gasteiger partial charge in [0.1, 0.15) is 0 Å². The molecule has 0 fully saturated rings. The molecular weight excluding hydrogens is 288 g/mol. The van der Waals surface area contributed by atoms with Crippen molar-refractivity contribution >= 4 is 0 Å². The summed E-state index contributed by atoms with van der Waals surface area (Å²) < 4.78 is 0. The third-order valence-corrected chi connectivity index (χ3v) is 2.57. The summed E-state index contributed by atoms with van der Waals surface area (Å²) in [5.74, 6) is 0.843. The number of hydrogen-bond acceptors (Lipinski definition) is 0. The van der Waals surface area contributed by atoms with Crippen molar-refractivity contribution in [2.45, 2.75) is 110 Å². The first-order valence-corrected chi connectivity index (χ1v) is 9.55. The highest BCUT2D eigenvalue weighted by molar-refractivity contribution is 5.00. The van der Waals surface area contributed by atoms with Crippen LogP contribution in [0.5, 0.6) is 0 Å². The molecule has 0 rings (SSSR count). The molecule has 0 aromatic heterocycles. The smallest absolute Gasteiger partial charge is 0.100 e. The molecule has 0 aromatic rings. The summed E-state index contributed by atoms with van der Waals surface area (Å²) >= 11 is 0. The van der Waals surface area contributed by atoms with Crippen LogP contribution in [0, 0.1) is 22.2 Å². The van der Waals surface area contributed by atoms with Gasteiger partial charge >= 0.3 is 1.43 Å². The van der Waals surface area contributed by atoms with E-state index in [9.17, 15) is 0 Å². The normalized spacial score (nSPS) is 11.8. The Kier molecular flexibility index (Phi) is 14.1. The van der Waals surface area contributed by atoms with Crippen LogP contribution in [-0.2, 0) is 0 Å². The summed E-state index contributed by atoms with van der Waals surface area (Å²) in [6.07, 6.45) is 4.73. The molecule has 0 amide bonds. The van der Waals surface area contributed by atoms with E-state index in [0.717, 1.165) is 12.3 Å². The summed E-state index contributed by atoms with van der Waals surface area (Å²) in [4.78, 5) is 0. The van der Waals surface area contributed by atoms with Gasteiger partial charge in [-0.3, -0.25) is 0 Å². The van der Waals surface area contributed by atoms with Gasteiger partial charge in [-0.2, -0.15) is 0 Å². The van der Waals surface area contributed by atoms with Crippen LogP contribution in [0.25, 0.3) is 0 Å². The van der Waals surface area contributed by atoms with Crippen LogP contribution in [-0.4, -0.2) is 0 Å². The van der Waals surface area contributed by atoms with Gasteiger partial charge in [0, 0.05) is 0 Å². The summed E-state index contributed by atoms with van der Waals surface area (Å²) in [6, 6.07) is 0. The lowest BCUT2D eigenvalue weighted by molar-refractivity contribution is 0.320. The maximum atomic E-state index is 3.84. The predicted octanol–water partition coefficient (Wildman–Crippen LogP) is 9.19. The van der Waals surface area contributed by atoms with Crippen LogP contribution in [0.1, 0.15) is 111 Å². The fraction of sp³-hybridized carbons (Fsp3) is 0.833. The van der Waals surface area contributed by atoms with Crippen LogP contribution in [0.3, 0.4) is 0 Å². The number of allylic oxidation sites excluding steroid dienone is 3. The lowest BCUT2D eigenvalue weighted by Crippen LogP contribution is -2.08. The van der Waals surface area contributed by atoms with E-state index in [1.807, 2.05) is 0 Å². The Morgan fingerprint density at radius 3 is 1.21 bits per heavy atom. The quantitative estimate of drug-likeness (QED) is 0.440. The molecule has 0 aliphatic rings. The minimum atomic E-state index is 0. The lowest BCUT2D eigenvalue weighted by atomic mass is 9.86. The molecule has 0 aromatic carbocycles. The lowest BCUT2D eigenvalue weighted by Gasteiger charge is -2.19. The van der Waals surface area contributed by atoms with Gasteiger partial charge in [0.25, 0.3) is 0 Å². The Morgan fingerprint density at radius 2 is 1.21 bits per heavy atom. The van der Waals surface area contributed by atoms with Gasteiger partial charge < -0.3 is 0 Å². The zero-order valence-electron chi connectivity index (χ0n) is 20.8. The fourth-order valence-corrected chi connectivity index (χ4v) is 3.00. The SMILES string of the molecule is C=C(C)CC(C)(C)C.CC(C)=CC(C)(C)C.CC(C)CC(C)(C)C.[H+]. The molecule has 0 spiro atoms. The van der Waals surface area contributed by atoms with E-state index in [4.69, 9.17) is 0 Å². The van der Waals surface area contributed by atoms with Crippen LogP contribution >= 0.6 is 0 Å². The van der Waals surface area contributed by atoms with Crippen molar-refractivity contribution in [1.29, 1.82) is 0 Å². The topological polar surface area (TPSA) is 0 Å². The molecule has 0 aliphatic carbocycles. The maximum Gasteiger partial charge on any atom is 1.00 e. The second-order valence-corrected chi connectivity index (χ2v) is 11.4. The van der Waals surface area contributed by atoms with Crippen molar-refractivity contribution in [1.82, 2.24) is 0 Å². The minimum Gasteiger partial charge on any atom is -0.100 e. The first-order valence-electron chi connectivity index (χ1n) is 9.55. The van der Waals surface area contributed by atoms with Crippen LogP contribution in [0.2, 0.25) is 0 Å². The Labute approximate surface area is 157 Å². The molecule has 0 aliphatic heterocycles. The Hall–Kier alpha value is -0.520. The minimum absolute atomic E-state index is 0. The van der Waals surface area contributed by atoms with Gasteiger partial charge in [-0.15, -0.1) is 6.58 Å². The second-order valence-electron chi connectivity index (χ2n) is 11.4. The molecule has 146 valence electrons. The highest BCUT2D eigenvalue weighted by Gasteiger charge is 2.11. The average Bonchev–Trinajstić information content (AvgIpc) is 2.04. The summed E-state index contributed by atoms with van der Waals surface area (Å²) in [5, 5.41) is 0. The molecular formula is C24H51+. The van der Waals surface area contributed by atoms with Crippen molar-refractivity contribution in [2.24, 2.45) is 22.2 Å². The highest BCUT2D eigenvalue weighted by atomic mass is 14.2. The van der Waals surface area contributed by atoms with Crippen LogP contribution < -0.4 is 0 Å². The third-order valence-electron chi connectivity index (χ3n) is 2.57. The second kappa shape index (κ2) is 11.9. The molecule has 24 heavy (non-hydrogen) atoms. The van der Waals surface area contributed by atoms with Crippen LogP contribution in [0.15, 0.2) is 23.8 Å². The first-order chi connectivity index (χ1) is 10.2. The summed E-state index contributed by atoms with van der Waals surface area (Å²) in [5.41, 5.74) is 3.98. The number of rotatable bonds is 2. The molecule has 0 N–H and O–H groups in total. The van der Waals surface area contributed by atoms with Gasteiger partial charge in [-0.1, -0.05) is 93.4 Å². The van der Waals surface area contributed by atoms with E-state index < -0.39 is 0 Å². The molecule has 0 heterocycles. The Bertz CT molecular complexity index is 347. The van der Waals surface area contributed by atoms with Crippen molar-refractivity contribution in [3.63, 3.8) is 0 Å². The molecule has 0 atom stereocenters. The van der Waals surface area contributed by atoms with E-state index in [0.29, 0.717) is 16.2 Å². The highest BCUT2D eigenvalue weighted by Crippen LogP contribution is 2.23. The van der Waals surface area contributed by atoms with E-state index in [2.05, 4.69) is 110 Å². The molecule has 0 saturated carbocycles. The Morgan fingerprint density at radius 1 is 0.833 bits per heavy atom. The maximum absolute atomic E-state index is 3.84. The van der Waals surface area contributed by atoms with Gasteiger partial charge in [-0.05, 0) is 55.8 Å². The van der Waals surface area contributed by atoms with E-state index in [1.54, 1.807) is 0 Å². The standard InChI is InChI=1S/C8H18.2C8H16/c3*1-7(2)6-8(3,4)5/h7H,6H2,1-5H3;6H,1-5H3;1,6H2,2-5H3/p+1. The molecule has 0 bridgehead atoms. The molecule has 0 saturated heterocycles. The zero-order chi connectivity index (χ0) is 20.4. The molecule has 0 radical (unpaired) electrons. The predicted molar refractivity (Wildman–Crippen MR) is 118 cm³/mol. The fourth-order valence-electron chi connectivity index (χ4n) is 3.00. The zero-order valence-corrected chi connectivity index (χ0v) is 19.8. The summed E-state index contributed by atoms with van der Waals surface area (Å²) in [6.45, 7) is 34.9. The third kappa shape index (κ3) is 43.0. The van der Waals surface area contributed by atoms with Crippen molar-refractivity contribution in [2.75, 3.05) is 0 Å². The van der Waals surface area contributed by atoms with E-state index >= 15 is 0 Å². The monoisotopic (exact) mass is 339 g/mol. The number of hydrogen-bond donors (Lipinski definition) is 0. The largest absolute Gasteiger partial charge is 1.00 e. The average molecular weight is 340 g/mol. The van der Waals surface area contributed by atoms with E-state index in [-0.39, 0.29) is 1.43 Å². The van der Waals surface area contributed by atoms with Gasteiger partial charge in [0.15, 0.2) is 0 Å². The first kappa shape index (κ1) is 28.3. The molecule has 0 heteroatoms. The Balaban J connectivity index is -0.000000130. The molecule has 0 nitrogen and oxygen atoms in total. The summed E-state index contributed by atoms with van der Waals surface area (Å²) in [7, 11) is 0. The van der Waals surface area contributed by atoms with Crippen molar-refractivity contribution in [3.8, 4) is 0 Å². The van der Waals surface area contributed by atoms with Crippen molar-refractivity contribution < 1.29 is 1.43 Å². The molecule has 0 unspecified atom stereocenters.